The average Bonchev–Trinajstić information content (AvgIpc) is 3.27. The van der Waals surface area contributed by atoms with Gasteiger partial charge in [0, 0.05) is 48.7 Å². The smallest absolute Gasteiger partial charge is 0.196 e. The van der Waals surface area contributed by atoms with Gasteiger partial charge in [-0.05, 0) is 55.7 Å². The summed E-state index contributed by atoms with van der Waals surface area (Å²) in [5, 5.41) is 3.62. The van der Waals surface area contributed by atoms with E-state index in [1.807, 2.05) is 20.8 Å². The zero-order valence-corrected chi connectivity index (χ0v) is 18.9. The summed E-state index contributed by atoms with van der Waals surface area (Å²) < 4.78 is 1.34. The summed E-state index contributed by atoms with van der Waals surface area (Å²) in [5.41, 5.74) is 4.18. The molecular formula is C24H29N3O2S. The van der Waals surface area contributed by atoms with Crippen LogP contribution in [0.1, 0.15) is 51.5 Å². The Hall–Kier alpha value is -2.28. The lowest BCUT2D eigenvalue weighted by Crippen LogP contribution is -2.51. The van der Waals surface area contributed by atoms with Gasteiger partial charge in [-0.1, -0.05) is 18.2 Å². The molecule has 5 nitrogen and oxygen atoms in total. The van der Waals surface area contributed by atoms with Crippen LogP contribution in [0.2, 0.25) is 0 Å². The first-order chi connectivity index (χ1) is 14.4. The number of piperazine rings is 1. The topological polar surface area (TPSA) is 56.4 Å². The molecule has 0 aliphatic carbocycles. The van der Waals surface area contributed by atoms with Gasteiger partial charge in [0.25, 0.3) is 0 Å². The maximum atomic E-state index is 13.1. The highest BCUT2D eigenvalue weighted by Gasteiger charge is 2.29. The van der Waals surface area contributed by atoms with E-state index in [0.29, 0.717) is 11.3 Å². The first-order valence-corrected chi connectivity index (χ1v) is 11.4. The monoisotopic (exact) mass is 423 g/mol. The number of ketones is 2. The van der Waals surface area contributed by atoms with Gasteiger partial charge in [-0.15, -0.1) is 11.3 Å². The third kappa shape index (κ3) is 3.87. The molecule has 3 heterocycles. The van der Waals surface area contributed by atoms with E-state index in [1.54, 1.807) is 18.3 Å². The second-order valence-electron chi connectivity index (χ2n) is 8.29. The highest BCUT2D eigenvalue weighted by molar-refractivity contribution is 7.17. The van der Waals surface area contributed by atoms with Crippen molar-refractivity contribution < 1.29 is 9.59 Å². The molecule has 4 rings (SSSR count). The number of carbonyl (C=O) groups excluding carboxylic acids is 2. The Bertz CT molecular complexity index is 1090. The number of rotatable bonds is 6. The average molecular weight is 424 g/mol. The van der Waals surface area contributed by atoms with Crippen molar-refractivity contribution in [2.45, 2.75) is 40.3 Å². The molecule has 1 unspecified atom stereocenters. The summed E-state index contributed by atoms with van der Waals surface area (Å²) in [6.07, 6.45) is 0. The number of carbonyl (C=O) groups is 2. The number of nitrogens with one attached hydrogen (secondary N) is 1. The Balaban J connectivity index is 1.39. The predicted octanol–water partition coefficient (Wildman–Crippen LogP) is 4.44. The third-order valence-electron chi connectivity index (χ3n) is 6.33. The number of aromatic nitrogens is 1. The van der Waals surface area contributed by atoms with Crippen molar-refractivity contribution in [1.82, 2.24) is 14.8 Å². The molecule has 1 saturated heterocycles. The zero-order chi connectivity index (χ0) is 21.4. The molecule has 2 aromatic heterocycles. The minimum absolute atomic E-state index is 0.00233. The standard InChI is InChI=1S/C24H29N3O2S/c1-15-22(18(4)28)16(2)25-23(15)24(29)17(3)27-11-9-26(10-12-27)13-19-14-30-21-8-6-5-7-20(19)21/h5-8,14,17,25H,9-13H2,1-4H3. The number of hydrogen-bond donors (Lipinski definition) is 1. The molecule has 6 heteroatoms. The zero-order valence-electron chi connectivity index (χ0n) is 18.1. The Morgan fingerprint density at radius 1 is 1.13 bits per heavy atom. The van der Waals surface area contributed by atoms with Crippen molar-refractivity contribution in [3.05, 3.63) is 57.7 Å². The molecule has 0 saturated carbocycles. The van der Waals surface area contributed by atoms with E-state index in [-0.39, 0.29) is 17.6 Å². The van der Waals surface area contributed by atoms with Gasteiger partial charge in [0.05, 0.1) is 11.7 Å². The lowest BCUT2D eigenvalue weighted by molar-refractivity contribution is 0.0684. The van der Waals surface area contributed by atoms with Crippen LogP contribution in [0.3, 0.4) is 0 Å². The van der Waals surface area contributed by atoms with Crippen molar-refractivity contribution in [2.24, 2.45) is 0 Å². The van der Waals surface area contributed by atoms with Crippen molar-refractivity contribution in [2.75, 3.05) is 26.2 Å². The van der Waals surface area contributed by atoms with Crippen molar-refractivity contribution >= 4 is 33.0 Å². The first kappa shape index (κ1) is 21.0. The molecule has 0 bridgehead atoms. The Kier molecular flexibility index (Phi) is 5.91. The molecule has 3 aromatic rings. The van der Waals surface area contributed by atoms with E-state index < -0.39 is 0 Å². The van der Waals surface area contributed by atoms with E-state index in [0.717, 1.165) is 44.0 Å². The maximum absolute atomic E-state index is 13.1. The van der Waals surface area contributed by atoms with Gasteiger partial charge < -0.3 is 4.98 Å². The van der Waals surface area contributed by atoms with Crippen molar-refractivity contribution in [3.8, 4) is 0 Å². The summed E-state index contributed by atoms with van der Waals surface area (Å²) >= 11 is 1.81. The fourth-order valence-electron chi connectivity index (χ4n) is 4.60. The van der Waals surface area contributed by atoms with E-state index in [9.17, 15) is 9.59 Å². The molecule has 1 aromatic carbocycles. The highest BCUT2D eigenvalue weighted by Crippen LogP contribution is 2.27. The summed E-state index contributed by atoms with van der Waals surface area (Å²) in [7, 11) is 0. The number of Topliss-reactive ketones (excluding diaryl/α,β-unsaturated/α-hetero) is 2. The molecule has 1 fully saturated rings. The number of nitrogens with zero attached hydrogens (tertiary/aromatic N) is 2. The number of thiophene rings is 1. The third-order valence-corrected chi connectivity index (χ3v) is 7.34. The normalized spacial score (nSPS) is 16.8. The number of fused-ring (bicyclic) bond motifs is 1. The van der Waals surface area contributed by atoms with E-state index in [4.69, 9.17) is 0 Å². The van der Waals surface area contributed by atoms with Crippen LogP contribution in [0.25, 0.3) is 10.1 Å². The largest absolute Gasteiger partial charge is 0.355 e. The minimum atomic E-state index is -0.203. The van der Waals surface area contributed by atoms with Gasteiger partial charge in [0.1, 0.15) is 0 Å². The SMILES string of the molecule is CC(=O)c1c(C)[nH]c(C(=O)C(C)N2CCN(Cc3csc4ccccc34)CC2)c1C. The molecule has 158 valence electrons. The molecule has 1 N–H and O–H groups in total. The van der Waals surface area contributed by atoms with E-state index in [2.05, 4.69) is 44.4 Å². The molecule has 30 heavy (non-hydrogen) atoms. The number of aryl methyl sites for hydroxylation is 1. The van der Waals surface area contributed by atoms with Gasteiger partial charge in [-0.25, -0.2) is 0 Å². The predicted molar refractivity (Wildman–Crippen MR) is 123 cm³/mol. The molecular weight excluding hydrogens is 394 g/mol. The van der Waals surface area contributed by atoms with Crippen LogP contribution in [-0.2, 0) is 6.54 Å². The van der Waals surface area contributed by atoms with Crippen LogP contribution in [0.15, 0.2) is 29.6 Å². The molecule has 0 radical (unpaired) electrons. The Labute approximate surface area is 181 Å². The molecule has 0 spiro atoms. The van der Waals surface area contributed by atoms with Crippen molar-refractivity contribution in [1.29, 1.82) is 0 Å². The van der Waals surface area contributed by atoms with Gasteiger partial charge >= 0.3 is 0 Å². The summed E-state index contributed by atoms with van der Waals surface area (Å²) in [6.45, 7) is 11.8. The molecule has 1 atom stereocenters. The number of H-pyrrole nitrogens is 1. The van der Waals surface area contributed by atoms with Crippen LogP contribution in [-0.4, -0.2) is 58.6 Å². The molecule has 1 aliphatic rings. The van der Waals surface area contributed by atoms with Gasteiger partial charge in [-0.3, -0.25) is 19.4 Å². The maximum Gasteiger partial charge on any atom is 0.196 e. The fraction of sp³-hybridized carbons (Fsp3) is 0.417. The lowest BCUT2D eigenvalue weighted by atomic mass is 10.0. The van der Waals surface area contributed by atoms with Crippen LogP contribution in [0.5, 0.6) is 0 Å². The van der Waals surface area contributed by atoms with Crippen LogP contribution in [0, 0.1) is 13.8 Å². The first-order valence-electron chi connectivity index (χ1n) is 10.5. The van der Waals surface area contributed by atoms with E-state index in [1.165, 1.54) is 15.6 Å². The Morgan fingerprint density at radius 2 is 1.83 bits per heavy atom. The van der Waals surface area contributed by atoms with Crippen molar-refractivity contribution in [3.63, 3.8) is 0 Å². The number of aromatic amines is 1. The minimum Gasteiger partial charge on any atom is -0.355 e. The summed E-state index contributed by atoms with van der Waals surface area (Å²) in [5.74, 6) is 0.0721. The van der Waals surface area contributed by atoms with Crippen LogP contribution >= 0.6 is 11.3 Å². The second-order valence-corrected chi connectivity index (χ2v) is 9.20. The molecule has 1 aliphatic heterocycles. The van der Waals surface area contributed by atoms with Gasteiger partial charge in [0.2, 0.25) is 0 Å². The Morgan fingerprint density at radius 3 is 2.50 bits per heavy atom. The van der Waals surface area contributed by atoms with Crippen LogP contribution in [0.4, 0.5) is 0 Å². The fourth-order valence-corrected chi connectivity index (χ4v) is 5.56. The summed E-state index contributed by atoms with van der Waals surface area (Å²) in [6, 6.07) is 8.37. The number of hydrogen-bond acceptors (Lipinski definition) is 5. The molecule has 0 amide bonds. The quantitative estimate of drug-likeness (QED) is 0.596. The lowest BCUT2D eigenvalue weighted by Gasteiger charge is -2.37. The highest BCUT2D eigenvalue weighted by atomic mass is 32.1. The van der Waals surface area contributed by atoms with E-state index >= 15 is 0 Å². The second kappa shape index (κ2) is 8.46. The van der Waals surface area contributed by atoms with Crippen LogP contribution < -0.4 is 0 Å². The van der Waals surface area contributed by atoms with Gasteiger partial charge in [0.15, 0.2) is 11.6 Å². The number of benzene rings is 1. The van der Waals surface area contributed by atoms with Gasteiger partial charge in [-0.2, -0.15) is 0 Å². The summed E-state index contributed by atoms with van der Waals surface area (Å²) in [4.78, 5) is 32.9.